The van der Waals surface area contributed by atoms with Gasteiger partial charge in [-0.2, -0.15) is 0 Å². The van der Waals surface area contributed by atoms with Crippen molar-refractivity contribution >= 4 is 17.9 Å². The number of esters is 3. The molecule has 0 radical (unpaired) electrons. The zero-order valence-electron chi connectivity index (χ0n) is 39.8. The van der Waals surface area contributed by atoms with Gasteiger partial charge in [-0.1, -0.05) is 142 Å². The first-order chi connectivity index (χ1) is 29.8. The summed E-state index contributed by atoms with van der Waals surface area (Å²) in [5, 5.41) is 0. The van der Waals surface area contributed by atoms with Gasteiger partial charge in [0.2, 0.25) is 0 Å². The van der Waals surface area contributed by atoms with E-state index in [0.29, 0.717) is 45.3 Å². The Morgan fingerprint density at radius 2 is 0.967 bits per heavy atom. The summed E-state index contributed by atoms with van der Waals surface area (Å²) in [7, 11) is 0. The summed E-state index contributed by atoms with van der Waals surface area (Å²) in [5.74, 6) is 1.25. The molecule has 1 aromatic carbocycles. The third kappa shape index (κ3) is 29.2. The molecule has 2 rings (SSSR count). The normalized spacial score (nSPS) is 13.4. The Balaban J connectivity index is 1.64. The van der Waals surface area contributed by atoms with Crippen LogP contribution in [0.5, 0.6) is 11.5 Å². The number of rotatable bonds is 40. The van der Waals surface area contributed by atoms with Crippen molar-refractivity contribution in [2.75, 3.05) is 39.5 Å². The van der Waals surface area contributed by atoms with Gasteiger partial charge in [0.05, 0.1) is 32.3 Å². The average molecular weight is 858 g/mol. The van der Waals surface area contributed by atoms with Crippen LogP contribution in [0.25, 0.3) is 0 Å². The van der Waals surface area contributed by atoms with E-state index in [1.807, 2.05) is 18.2 Å². The molecule has 0 aliphatic carbocycles. The predicted octanol–water partition coefficient (Wildman–Crippen LogP) is 13.7. The van der Waals surface area contributed by atoms with Crippen LogP contribution in [0.3, 0.4) is 0 Å². The quantitative estimate of drug-likeness (QED) is 0.0363. The molecular weight excluding hydrogens is 767 g/mol. The zero-order chi connectivity index (χ0) is 44.0. The number of ether oxygens (including phenoxy) is 5. The topological polar surface area (TPSA) is 101 Å². The summed E-state index contributed by atoms with van der Waals surface area (Å²) in [5.41, 5.74) is 0.843. The summed E-state index contributed by atoms with van der Waals surface area (Å²) < 4.78 is 29.2. The van der Waals surface area contributed by atoms with Gasteiger partial charge in [0.1, 0.15) is 18.1 Å². The number of piperidine rings is 1. The molecule has 0 saturated carbocycles. The standard InChI is InChI=1S/C52H91NO8/c1-5-7-9-11-13-19-25-31-50(54)59-41-29-23-17-15-21-27-39-57-48-33-34-49(47(43-48)44-61-52(56)46-35-37-53(38-36-46)45(3)4)58-40-28-22-16-18-24-30-42-60-51(55)32-26-20-14-12-10-8-6-2/h33-34,43,45-46H,5-32,35-42,44H2,1-4H3. The summed E-state index contributed by atoms with van der Waals surface area (Å²) in [6, 6.07) is 6.38. The number of nitrogens with zero attached hydrogens (tertiary/aromatic N) is 1. The van der Waals surface area contributed by atoms with E-state index in [4.69, 9.17) is 23.7 Å². The molecule has 1 heterocycles. The van der Waals surface area contributed by atoms with Crippen molar-refractivity contribution in [3.05, 3.63) is 23.8 Å². The van der Waals surface area contributed by atoms with Crippen molar-refractivity contribution in [3.63, 3.8) is 0 Å². The number of carbonyl (C=O) groups is 3. The number of hydrogen-bond acceptors (Lipinski definition) is 9. The molecular formula is C52H91NO8. The van der Waals surface area contributed by atoms with Crippen molar-refractivity contribution < 1.29 is 38.1 Å². The SMILES string of the molecule is CCCCCCCCCC(=O)OCCCCCCCCOc1ccc(OCCCCCCCCOC(=O)CCCCCCCCC)c(COC(=O)C2CCN(C(C)C)CC2)c1. The van der Waals surface area contributed by atoms with Gasteiger partial charge in [0, 0.05) is 24.4 Å². The zero-order valence-corrected chi connectivity index (χ0v) is 39.8. The first kappa shape index (κ1) is 54.3. The van der Waals surface area contributed by atoms with E-state index in [-0.39, 0.29) is 30.4 Å². The van der Waals surface area contributed by atoms with Crippen LogP contribution in [0.15, 0.2) is 18.2 Å². The second-order valence-corrected chi connectivity index (χ2v) is 17.9. The number of unbranched alkanes of at least 4 members (excludes halogenated alkanes) is 22. The van der Waals surface area contributed by atoms with Crippen molar-refractivity contribution in [1.82, 2.24) is 4.90 Å². The van der Waals surface area contributed by atoms with Crippen molar-refractivity contribution in [1.29, 1.82) is 0 Å². The van der Waals surface area contributed by atoms with E-state index >= 15 is 0 Å². The lowest BCUT2D eigenvalue weighted by Crippen LogP contribution is -2.40. The van der Waals surface area contributed by atoms with E-state index in [2.05, 4.69) is 32.6 Å². The molecule has 1 aromatic rings. The fraction of sp³-hybridized carbons (Fsp3) is 0.827. The Morgan fingerprint density at radius 3 is 1.44 bits per heavy atom. The predicted molar refractivity (Wildman–Crippen MR) is 249 cm³/mol. The van der Waals surface area contributed by atoms with Crippen LogP contribution < -0.4 is 9.47 Å². The van der Waals surface area contributed by atoms with E-state index < -0.39 is 0 Å². The van der Waals surface area contributed by atoms with Gasteiger partial charge >= 0.3 is 17.9 Å². The first-order valence-corrected chi connectivity index (χ1v) is 25.4. The number of likely N-dealkylation sites (tertiary alicyclic amines) is 1. The van der Waals surface area contributed by atoms with E-state index in [1.165, 1.54) is 64.2 Å². The van der Waals surface area contributed by atoms with Gasteiger partial charge in [-0.05, 0) is 96.5 Å². The average Bonchev–Trinajstić information content (AvgIpc) is 3.26. The Bertz CT molecular complexity index is 1230. The van der Waals surface area contributed by atoms with Crippen LogP contribution in [0, 0.1) is 5.92 Å². The number of benzene rings is 1. The maximum atomic E-state index is 13.1. The maximum Gasteiger partial charge on any atom is 0.309 e. The maximum absolute atomic E-state index is 13.1. The van der Waals surface area contributed by atoms with Gasteiger partial charge in [-0.3, -0.25) is 14.4 Å². The molecule has 352 valence electrons. The van der Waals surface area contributed by atoms with Gasteiger partial charge in [-0.15, -0.1) is 0 Å². The van der Waals surface area contributed by atoms with Crippen LogP contribution in [0.2, 0.25) is 0 Å². The largest absolute Gasteiger partial charge is 0.494 e. The monoisotopic (exact) mass is 858 g/mol. The Labute approximate surface area is 373 Å². The van der Waals surface area contributed by atoms with E-state index in [0.717, 1.165) is 146 Å². The van der Waals surface area contributed by atoms with Crippen LogP contribution >= 0.6 is 0 Å². The fourth-order valence-electron chi connectivity index (χ4n) is 7.98. The second kappa shape index (κ2) is 37.7. The lowest BCUT2D eigenvalue weighted by Gasteiger charge is -2.33. The molecule has 0 N–H and O–H groups in total. The summed E-state index contributed by atoms with van der Waals surface area (Å²) in [6.45, 7) is 13.2. The Hall–Kier alpha value is -2.81. The minimum absolute atomic E-state index is 0.0436. The molecule has 0 amide bonds. The van der Waals surface area contributed by atoms with Crippen LogP contribution in [-0.4, -0.2) is 68.4 Å². The minimum Gasteiger partial charge on any atom is -0.494 e. The number of hydrogen-bond donors (Lipinski definition) is 0. The molecule has 9 nitrogen and oxygen atoms in total. The molecule has 1 saturated heterocycles. The highest BCUT2D eigenvalue weighted by molar-refractivity contribution is 5.72. The molecule has 0 spiro atoms. The lowest BCUT2D eigenvalue weighted by molar-refractivity contribution is -0.151. The Morgan fingerprint density at radius 1 is 0.541 bits per heavy atom. The van der Waals surface area contributed by atoms with Crippen LogP contribution in [0.1, 0.15) is 226 Å². The van der Waals surface area contributed by atoms with Crippen LogP contribution in [0.4, 0.5) is 0 Å². The van der Waals surface area contributed by atoms with Crippen molar-refractivity contribution in [2.24, 2.45) is 5.92 Å². The summed E-state index contributed by atoms with van der Waals surface area (Å²) >= 11 is 0. The molecule has 1 aliphatic rings. The van der Waals surface area contributed by atoms with Gasteiger partial charge in [0.25, 0.3) is 0 Å². The molecule has 0 unspecified atom stereocenters. The summed E-state index contributed by atoms with van der Waals surface area (Å²) in [6.07, 6.45) is 32.3. The van der Waals surface area contributed by atoms with Crippen molar-refractivity contribution in [2.45, 2.75) is 233 Å². The highest BCUT2D eigenvalue weighted by Crippen LogP contribution is 2.28. The van der Waals surface area contributed by atoms with Crippen molar-refractivity contribution in [3.8, 4) is 11.5 Å². The molecule has 1 fully saturated rings. The minimum atomic E-state index is -0.120. The van der Waals surface area contributed by atoms with E-state index in [9.17, 15) is 14.4 Å². The van der Waals surface area contributed by atoms with Gasteiger partial charge in [-0.25, -0.2) is 0 Å². The molecule has 9 heteroatoms. The van der Waals surface area contributed by atoms with Gasteiger partial charge < -0.3 is 28.6 Å². The van der Waals surface area contributed by atoms with E-state index in [1.54, 1.807) is 0 Å². The molecule has 0 atom stereocenters. The highest BCUT2D eigenvalue weighted by atomic mass is 16.5. The highest BCUT2D eigenvalue weighted by Gasteiger charge is 2.27. The lowest BCUT2D eigenvalue weighted by atomic mass is 9.96. The molecule has 0 aromatic heterocycles. The second-order valence-electron chi connectivity index (χ2n) is 17.9. The molecule has 0 bridgehead atoms. The van der Waals surface area contributed by atoms with Gasteiger partial charge in [0.15, 0.2) is 0 Å². The first-order valence-electron chi connectivity index (χ1n) is 25.4. The van der Waals surface area contributed by atoms with Crippen LogP contribution in [-0.2, 0) is 35.2 Å². The smallest absolute Gasteiger partial charge is 0.309 e. The number of carbonyl (C=O) groups excluding carboxylic acids is 3. The third-order valence-electron chi connectivity index (χ3n) is 12.1. The molecule has 61 heavy (non-hydrogen) atoms. The Kier molecular flexibility index (Phi) is 33.6. The third-order valence-corrected chi connectivity index (χ3v) is 12.1. The fourth-order valence-corrected chi connectivity index (χ4v) is 7.98. The molecule has 1 aliphatic heterocycles. The summed E-state index contributed by atoms with van der Waals surface area (Å²) in [4.78, 5) is 39.5.